The molecule has 0 aromatic heterocycles. The molecule has 1 rings (SSSR count). The van der Waals surface area contributed by atoms with Crippen LogP contribution in [0.4, 0.5) is 0 Å². The molecule has 0 heterocycles. The summed E-state index contributed by atoms with van der Waals surface area (Å²) in [6.45, 7) is 0.511. The Bertz CT molecular complexity index is 209. The topological polar surface area (TPSA) is 26.3 Å². The summed E-state index contributed by atoms with van der Waals surface area (Å²) in [6.07, 6.45) is 9.28. The number of allylic oxidation sites excluding steroid dienone is 2. The van der Waals surface area contributed by atoms with E-state index < -0.39 is 0 Å². The molecule has 0 aromatic rings. The van der Waals surface area contributed by atoms with Gasteiger partial charge in [-0.25, -0.2) is 0 Å². The van der Waals surface area contributed by atoms with E-state index in [9.17, 15) is 4.79 Å². The highest BCUT2D eigenvalue weighted by molar-refractivity contribution is 7.80. The summed E-state index contributed by atoms with van der Waals surface area (Å²) in [6, 6.07) is 0. The van der Waals surface area contributed by atoms with E-state index in [0.29, 0.717) is 6.61 Å². The SMILES string of the molecule is O=C(OCCCCS)C1C=CC=C1. The molecule has 0 bridgehead atoms. The molecule has 0 N–H and O–H groups in total. The van der Waals surface area contributed by atoms with Crippen molar-refractivity contribution in [3.8, 4) is 0 Å². The molecule has 1 aliphatic rings. The summed E-state index contributed by atoms with van der Waals surface area (Å²) in [5.74, 6) is 0.543. The van der Waals surface area contributed by atoms with E-state index in [0.717, 1.165) is 18.6 Å². The van der Waals surface area contributed by atoms with Gasteiger partial charge in [0.05, 0.1) is 12.5 Å². The second-order valence-electron chi connectivity index (χ2n) is 2.89. The van der Waals surface area contributed by atoms with Gasteiger partial charge in [-0.3, -0.25) is 4.79 Å². The molecular formula is C10H14O2S. The number of ether oxygens (including phenoxy) is 1. The second kappa shape index (κ2) is 5.86. The molecule has 0 aliphatic heterocycles. The molecule has 0 radical (unpaired) electrons. The lowest BCUT2D eigenvalue weighted by molar-refractivity contribution is -0.145. The Hall–Kier alpha value is -0.700. The predicted molar refractivity (Wildman–Crippen MR) is 55.8 cm³/mol. The molecule has 0 saturated carbocycles. The van der Waals surface area contributed by atoms with Crippen molar-refractivity contribution in [3.05, 3.63) is 24.3 Å². The van der Waals surface area contributed by atoms with E-state index in [1.54, 1.807) is 0 Å². The summed E-state index contributed by atoms with van der Waals surface area (Å²) < 4.78 is 5.05. The van der Waals surface area contributed by atoms with Crippen LogP contribution in [0.15, 0.2) is 24.3 Å². The molecule has 72 valence electrons. The van der Waals surface area contributed by atoms with E-state index in [-0.39, 0.29) is 11.9 Å². The number of hydrogen-bond acceptors (Lipinski definition) is 3. The number of thiol groups is 1. The van der Waals surface area contributed by atoms with Crippen LogP contribution in [-0.4, -0.2) is 18.3 Å². The Morgan fingerprint density at radius 2 is 2.00 bits per heavy atom. The van der Waals surface area contributed by atoms with Crippen molar-refractivity contribution in [1.82, 2.24) is 0 Å². The van der Waals surface area contributed by atoms with Crippen molar-refractivity contribution in [1.29, 1.82) is 0 Å². The minimum Gasteiger partial charge on any atom is -0.465 e. The average Bonchev–Trinajstić information content (AvgIpc) is 2.65. The first kappa shape index (κ1) is 10.4. The van der Waals surface area contributed by atoms with E-state index in [1.807, 2.05) is 24.3 Å². The van der Waals surface area contributed by atoms with E-state index in [4.69, 9.17) is 4.74 Å². The molecule has 3 heteroatoms. The van der Waals surface area contributed by atoms with Crippen molar-refractivity contribution in [2.24, 2.45) is 5.92 Å². The normalized spacial score (nSPS) is 15.2. The highest BCUT2D eigenvalue weighted by atomic mass is 32.1. The molecule has 1 aliphatic carbocycles. The fourth-order valence-electron chi connectivity index (χ4n) is 1.07. The van der Waals surface area contributed by atoms with Gasteiger partial charge in [0, 0.05) is 0 Å². The first-order chi connectivity index (χ1) is 6.34. The maximum atomic E-state index is 11.3. The number of hydrogen-bond donors (Lipinski definition) is 1. The number of esters is 1. The Morgan fingerprint density at radius 1 is 1.31 bits per heavy atom. The van der Waals surface area contributed by atoms with Crippen LogP contribution in [0, 0.1) is 5.92 Å². The quantitative estimate of drug-likeness (QED) is 0.415. The van der Waals surface area contributed by atoms with Crippen LogP contribution in [0.5, 0.6) is 0 Å². The largest absolute Gasteiger partial charge is 0.465 e. The average molecular weight is 198 g/mol. The smallest absolute Gasteiger partial charge is 0.316 e. The first-order valence-corrected chi connectivity index (χ1v) is 5.10. The summed E-state index contributed by atoms with van der Waals surface area (Å²) in [5.41, 5.74) is 0. The van der Waals surface area contributed by atoms with Crippen LogP contribution in [0.2, 0.25) is 0 Å². The summed E-state index contributed by atoms with van der Waals surface area (Å²) in [4.78, 5) is 11.3. The molecular weight excluding hydrogens is 184 g/mol. The van der Waals surface area contributed by atoms with Crippen LogP contribution < -0.4 is 0 Å². The molecule has 0 unspecified atom stereocenters. The van der Waals surface area contributed by atoms with Crippen molar-refractivity contribution < 1.29 is 9.53 Å². The van der Waals surface area contributed by atoms with Gasteiger partial charge in [0.15, 0.2) is 0 Å². The molecule has 0 spiro atoms. The van der Waals surface area contributed by atoms with E-state index in [2.05, 4.69) is 12.6 Å². The lowest BCUT2D eigenvalue weighted by Crippen LogP contribution is -2.13. The van der Waals surface area contributed by atoms with Crippen LogP contribution >= 0.6 is 12.6 Å². The van der Waals surface area contributed by atoms with Crippen molar-refractivity contribution in [3.63, 3.8) is 0 Å². The van der Waals surface area contributed by atoms with Gasteiger partial charge in [-0.15, -0.1) is 0 Å². The van der Waals surface area contributed by atoms with Gasteiger partial charge in [0.25, 0.3) is 0 Å². The van der Waals surface area contributed by atoms with E-state index >= 15 is 0 Å². The minimum atomic E-state index is -0.156. The lowest BCUT2D eigenvalue weighted by Gasteiger charge is -2.06. The third kappa shape index (κ3) is 3.68. The maximum Gasteiger partial charge on any atom is 0.316 e. The van der Waals surface area contributed by atoms with Gasteiger partial charge < -0.3 is 4.74 Å². The van der Waals surface area contributed by atoms with Crippen molar-refractivity contribution in [2.75, 3.05) is 12.4 Å². The maximum absolute atomic E-state index is 11.3. The van der Waals surface area contributed by atoms with Crippen LogP contribution in [0.1, 0.15) is 12.8 Å². The van der Waals surface area contributed by atoms with Gasteiger partial charge >= 0.3 is 5.97 Å². The zero-order valence-electron chi connectivity index (χ0n) is 7.48. The third-order valence-electron chi connectivity index (χ3n) is 1.82. The fraction of sp³-hybridized carbons (Fsp3) is 0.500. The standard InChI is InChI=1S/C10H14O2S/c11-10(9-5-1-2-6-9)12-7-3-4-8-13/h1-2,5-6,9,13H,3-4,7-8H2. The molecule has 2 nitrogen and oxygen atoms in total. The Balaban J connectivity index is 2.11. The second-order valence-corrected chi connectivity index (χ2v) is 3.34. The van der Waals surface area contributed by atoms with Crippen molar-refractivity contribution >= 4 is 18.6 Å². The number of carbonyl (C=O) groups is 1. The molecule has 0 saturated heterocycles. The van der Waals surface area contributed by atoms with E-state index in [1.165, 1.54) is 0 Å². The number of carbonyl (C=O) groups excluding carboxylic acids is 1. The van der Waals surface area contributed by atoms with Crippen LogP contribution in [-0.2, 0) is 9.53 Å². The van der Waals surface area contributed by atoms with Gasteiger partial charge in [-0.2, -0.15) is 12.6 Å². The molecule has 0 fully saturated rings. The Morgan fingerprint density at radius 3 is 2.62 bits per heavy atom. The van der Waals surface area contributed by atoms with Gasteiger partial charge in [-0.1, -0.05) is 24.3 Å². The Kier molecular flexibility index (Phi) is 4.68. The highest BCUT2D eigenvalue weighted by Crippen LogP contribution is 2.10. The zero-order chi connectivity index (χ0) is 9.52. The molecule has 13 heavy (non-hydrogen) atoms. The fourth-order valence-corrected chi connectivity index (χ4v) is 1.30. The first-order valence-electron chi connectivity index (χ1n) is 4.47. The Labute approximate surface area is 84.1 Å². The van der Waals surface area contributed by atoms with Gasteiger partial charge in [0.1, 0.15) is 0 Å². The van der Waals surface area contributed by atoms with Gasteiger partial charge in [0.2, 0.25) is 0 Å². The molecule has 0 atom stereocenters. The zero-order valence-corrected chi connectivity index (χ0v) is 8.37. The van der Waals surface area contributed by atoms with Crippen LogP contribution in [0.25, 0.3) is 0 Å². The number of rotatable bonds is 5. The highest BCUT2D eigenvalue weighted by Gasteiger charge is 2.14. The summed E-state index contributed by atoms with van der Waals surface area (Å²) in [5, 5.41) is 0. The van der Waals surface area contributed by atoms with Crippen molar-refractivity contribution in [2.45, 2.75) is 12.8 Å². The van der Waals surface area contributed by atoms with Crippen LogP contribution in [0.3, 0.4) is 0 Å². The van der Waals surface area contributed by atoms with Gasteiger partial charge in [-0.05, 0) is 18.6 Å². The summed E-state index contributed by atoms with van der Waals surface area (Å²) >= 11 is 4.07. The monoisotopic (exact) mass is 198 g/mol. The molecule has 0 amide bonds. The lowest BCUT2D eigenvalue weighted by atomic mass is 10.2. The minimum absolute atomic E-state index is 0.149. The third-order valence-corrected chi connectivity index (χ3v) is 2.13. The predicted octanol–water partition coefficient (Wildman–Crippen LogP) is 1.98. The number of unbranched alkanes of at least 4 members (excludes halogenated alkanes) is 1. The molecule has 0 aromatic carbocycles. The summed E-state index contributed by atoms with van der Waals surface area (Å²) in [7, 11) is 0.